The lowest BCUT2D eigenvalue weighted by Crippen LogP contribution is -2.41. The van der Waals surface area contributed by atoms with Crippen molar-refractivity contribution in [1.29, 1.82) is 0 Å². The van der Waals surface area contributed by atoms with Crippen molar-refractivity contribution in [2.24, 2.45) is 12.0 Å². The Hall–Kier alpha value is -1.88. The summed E-state index contributed by atoms with van der Waals surface area (Å²) in [5.41, 5.74) is 1.22. The Labute approximate surface area is 178 Å². The van der Waals surface area contributed by atoms with Crippen molar-refractivity contribution >= 4 is 29.9 Å². The van der Waals surface area contributed by atoms with Gasteiger partial charge in [0.15, 0.2) is 5.96 Å². The molecule has 0 fully saturated rings. The highest BCUT2D eigenvalue weighted by molar-refractivity contribution is 14.0. The molecule has 1 atom stereocenters. The van der Waals surface area contributed by atoms with E-state index in [1.54, 1.807) is 11.8 Å². The van der Waals surface area contributed by atoms with Crippen molar-refractivity contribution < 1.29 is 4.74 Å². The van der Waals surface area contributed by atoms with E-state index in [2.05, 4.69) is 56.8 Å². The maximum Gasteiger partial charge on any atom is 0.191 e. The Kier molecular flexibility index (Phi) is 10.1. The number of aromatic nitrogens is 3. The van der Waals surface area contributed by atoms with Crippen LogP contribution in [0.4, 0.5) is 0 Å². The van der Waals surface area contributed by atoms with E-state index in [0.29, 0.717) is 6.54 Å². The highest BCUT2D eigenvalue weighted by Gasteiger charge is 2.15. The lowest BCUT2D eigenvalue weighted by molar-refractivity contribution is 0.298. The molecule has 150 valence electrons. The van der Waals surface area contributed by atoms with Crippen LogP contribution in [0.25, 0.3) is 0 Å². The Morgan fingerprint density at radius 3 is 2.48 bits per heavy atom. The molecule has 9 heteroatoms. The number of aryl methyl sites for hydroxylation is 1. The quantitative estimate of drug-likeness (QED) is 0.336. The van der Waals surface area contributed by atoms with Gasteiger partial charge in [-0.2, -0.15) is 5.10 Å². The molecule has 1 aromatic heterocycles. The maximum absolute atomic E-state index is 5.25. The topological polar surface area (TPSA) is 79.6 Å². The van der Waals surface area contributed by atoms with Crippen molar-refractivity contribution in [3.63, 3.8) is 0 Å². The smallest absolute Gasteiger partial charge is 0.191 e. The van der Waals surface area contributed by atoms with E-state index < -0.39 is 0 Å². The molecule has 2 rings (SSSR count). The average Bonchev–Trinajstić information content (AvgIpc) is 3.05. The average molecular weight is 487 g/mol. The van der Waals surface area contributed by atoms with Crippen LogP contribution in [0.5, 0.6) is 5.75 Å². The van der Waals surface area contributed by atoms with Crippen LogP contribution >= 0.6 is 24.0 Å². The summed E-state index contributed by atoms with van der Waals surface area (Å²) in [4.78, 5) is 11.0. The number of nitrogens with zero attached hydrogens (tertiary/aromatic N) is 5. The number of ether oxygens (including phenoxy) is 1. The van der Waals surface area contributed by atoms with E-state index >= 15 is 0 Å². The highest BCUT2D eigenvalue weighted by Crippen LogP contribution is 2.20. The second-order valence-electron chi connectivity index (χ2n) is 6.13. The Morgan fingerprint density at radius 2 is 1.96 bits per heavy atom. The first-order valence-electron chi connectivity index (χ1n) is 8.70. The van der Waals surface area contributed by atoms with Gasteiger partial charge in [-0.3, -0.25) is 4.68 Å². The zero-order valence-electron chi connectivity index (χ0n) is 16.6. The summed E-state index contributed by atoms with van der Waals surface area (Å²) in [5.74, 6) is 2.44. The van der Waals surface area contributed by atoms with Crippen LogP contribution in [0, 0.1) is 0 Å². The van der Waals surface area contributed by atoms with E-state index in [-0.39, 0.29) is 30.0 Å². The first-order chi connectivity index (χ1) is 12.5. The Bertz CT molecular complexity index is 700. The molecule has 0 saturated carbocycles. The van der Waals surface area contributed by atoms with Crippen molar-refractivity contribution in [3.05, 3.63) is 42.0 Å². The van der Waals surface area contributed by atoms with Gasteiger partial charge in [-0.1, -0.05) is 12.1 Å². The van der Waals surface area contributed by atoms with Gasteiger partial charge in [-0.15, -0.1) is 24.0 Å². The second-order valence-corrected chi connectivity index (χ2v) is 6.13. The van der Waals surface area contributed by atoms with Crippen LogP contribution in [0.1, 0.15) is 24.4 Å². The molecular formula is C18H30IN7O. The number of methoxy groups -OCH3 is 1. The predicted octanol–water partition coefficient (Wildman–Crippen LogP) is 1.80. The van der Waals surface area contributed by atoms with E-state index in [4.69, 9.17) is 4.74 Å². The van der Waals surface area contributed by atoms with Gasteiger partial charge in [0.1, 0.15) is 24.4 Å². The van der Waals surface area contributed by atoms with Crippen LogP contribution in [-0.2, 0) is 13.6 Å². The molecule has 0 spiro atoms. The first-order valence-corrected chi connectivity index (χ1v) is 8.70. The molecular weight excluding hydrogens is 457 g/mol. The van der Waals surface area contributed by atoms with Crippen LogP contribution in [-0.4, -0.2) is 59.9 Å². The van der Waals surface area contributed by atoms with Crippen LogP contribution in [0.15, 0.2) is 35.6 Å². The molecule has 0 aliphatic heterocycles. The second kappa shape index (κ2) is 11.8. The zero-order chi connectivity index (χ0) is 18.9. The standard InChI is InChI=1S/C18H29N7O.HI/c1-6-19-18(21-12-17-22-13-23-25(17)4)20-11-16(24(2)3)14-7-9-15(26-5)10-8-14;/h7-10,13,16H,6,11-12H2,1-5H3,(H2,19,20,21);1H. The third-order valence-electron chi connectivity index (χ3n) is 4.11. The number of hydrogen-bond acceptors (Lipinski definition) is 5. The van der Waals surface area contributed by atoms with Gasteiger partial charge in [-0.05, 0) is 38.7 Å². The molecule has 2 N–H and O–H groups in total. The summed E-state index contributed by atoms with van der Waals surface area (Å²) in [7, 11) is 7.68. The third-order valence-corrected chi connectivity index (χ3v) is 4.11. The lowest BCUT2D eigenvalue weighted by atomic mass is 10.1. The minimum atomic E-state index is 0. The summed E-state index contributed by atoms with van der Waals surface area (Å²) in [6.45, 7) is 4.04. The van der Waals surface area contributed by atoms with E-state index in [1.165, 1.54) is 11.9 Å². The van der Waals surface area contributed by atoms with Crippen LogP contribution < -0.4 is 15.4 Å². The van der Waals surface area contributed by atoms with Gasteiger partial charge in [0.2, 0.25) is 0 Å². The minimum Gasteiger partial charge on any atom is -0.497 e. The summed E-state index contributed by atoms with van der Waals surface area (Å²) < 4.78 is 6.97. The van der Waals surface area contributed by atoms with E-state index in [1.807, 2.05) is 26.1 Å². The molecule has 1 unspecified atom stereocenters. The van der Waals surface area contributed by atoms with Crippen LogP contribution in [0.2, 0.25) is 0 Å². The van der Waals surface area contributed by atoms with Crippen LogP contribution in [0.3, 0.4) is 0 Å². The molecule has 0 saturated heterocycles. The molecule has 27 heavy (non-hydrogen) atoms. The minimum absolute atomic E-state index is 0. The van der Waals surface area contributed by atoms with Crippen molar-refractivity contribution in [3.8, 4) is 5.75 Å². The molecule has 8 nitrogen and oxygen atoms in total. The fourth-order valence-corrected chi connectivity index (χ4v) is 2.57. The van der Waals surface area contributed by atoms with Crippen molar-refractivity contribution in [2.75, 3.05) is 34.3 Å². The van der Waals surface area contributed by atoms with E-state index in [9.17, 15) is 0 Å². The van der Waals surface area contributed by atoms with Crippen molar-refractivity contribution in [1.82, 2.24) is 30.3 Å². The van der Waals surface area contributed by atoms with Gasteiger partial charge in [0, 0.05) is 20.1 Å². The summed E-state index contributed by atoms with van der Waals surface area (Å²) in [6.07, 6.45) is 1.54. The normalized spacial score (nSPS) is 12.4. The number of hydrogen-bond donors (Lipinski definition) is 2. The van der Waals surface area contributed by atoms with Crippen molar-refractivity contribution in [2.45, 2.75) is 19.5 Å². The number of halogens is 1. The molecule has 0 radical (unpaired) electrons. The fraction of sp³-hybridized carbons (Fsp3) is 0.500. The summed E-state index contributed by atoms with van der Waals surface area (Å²) >= 11 is 0. The monoisotopic (exact) mass is 487 g/mol. The van der Waals surface area contributed by atoms with Gasteiger partial charge >= 0.3 is 0 Å². The number of aliphatic imine (C=N–C) groups is 1. The number of nitrogens with one attached hydrogen (secondary N) is 2. The SMILES string of the molecule is CCNC(=NCc1ncnn1C)NCC(c1ccc(OC)cc1)N(C)C.I. The van der Waals surface area contributed by atoms with Gasteiger partial charge < -0.3 is 20.3 Å². The summed E-state index contributed by atoms with van der Waals surface area (Å²) in [5, 5.41) is 10.8. The maximum atomic E-state index is 5.25. The largest absolute Gasteiger partial charge is 0.497 e. The molecule has 1 aromatic carbocycles. The molecule has 0 aliphatic carbocycles. The summed E-state index contributed by atoms with van der Waals surface area (Å²) in [6, 6.07) is 8.36. The molecule has 2 aromatic rings. The molecule has 0 bridgehead atoms. The molecule has 0 aliphatic rings. The number of likely N-dealkylation sites (N-methyl/N-ethyl adjacent to an activating group) is 1. The number of benzene rings is 1. The highest BCUT2D eigenvalue weighted by atomic mass is 127. The molecule has 1 heterocycles. The first kappa shape index (κ1) is 23.2. The van der Waals surface area contributed by atoms with Gasteiger partial charge in [0.05, 0.1) is 13.2 Å². The van der Waals surface area contributed by atoms with Gasteiger partial charge in [0.25, 0.3) is 0 Å². The third kappa shape index (κ3) is 6.98. The van der Waals surface area contributed by atoms with Gasteiger partial charge in [-0.25, -0.2) is 9.98 Å². The zero-order valence-corrected chi connectivity index (χ0v) is 19.0. The Balaban J connectivity index is 0.00000364. The number of rotatable bonds is 8. The Morgan fingerprint density at radius 1 is 1.26 bits per heavy atom. The lowest BCUT2D eigenvalue weighted by Gasteiger charge is -2.26. The fourth-order valence-electron chi connectivity index (χ4n) is 2.57. The van der Waals surface area contributed by atoms with E-state index in [0.717, 1.165) is 30.6 Å². The number of guanidine groups is 1. The predicted molar refractivity (Wildman–Crippen MR) is 119 cm³/mol. The molecule has 0 amide bonds.